The van der Waals surface area contributed by atoms with Crippen LogP contribution in [0.2, 0.25) is 0 Å². The molecule has 0 radical (unpaired) electrons. The Balaban J connectivity index is 2.43. The van der Waals surface area contributed by atoms with Gasteiger partial charge < -0.3 is 4.74 Å². The summed E-state index contributed by atoms with van der Waals surface area (Å²) in [5.74, 6) is 0.314. The maximum Gasteiger partial charge on any atom is 0.243 e. The topological polar surface area (TPSA) is 46.6 Å². The molecule has 20 heavy (non-hydrogen) atoms. The van der Waals surface area contributed by atoms with Crippen LogP contribution in [-0.2, 0) is 20.6 Å². The van der Waals surface area contributed by atoms with Gasteiger partial charge in [-0.15, -0.1) is 11.6 Å². The van der Waals surface area contributed by atoms with E-state index in [1.807, 2.05) is 26.8 Å². The van der Waals surface area contributed by atoms with E-state index in [1.165, 1.54) is 4.31 Å². The third-order valence-corrected chi connectivity index (χ3v) is 5.89. The first kappa shape index (κ1) is 15.8. The van der Waals surface area contributed by atoms with Gasteiger partial charge in [0.05, 0.1) is 17.6 Å². The number of rotatable bonds is 3. The number of ether oxygens (including phenoxy) is 1. The fraction of sp³-hybridized carbons (Fsp3) is 0.571. The van der Waals surface area contributed by atoms with Crippen LogP contribution in [0.5, 0.6) is 0 Å². The van der Waals surface area contributed by atoms with Gasteiger partial charge in [-0.2, -0.15) is 4.31 Å². The number of morpholine rings is 1. The van der Waals surface area contributed by atoms with Crippen molar-refractivity contribution in [2.45, 2.75) is 37.7 Å². The van der Waals surface area contributed by atoms with Crippen LogP contribution >= 0.6 is 11.6 Å². The Bertz CT molecular complexity index is 601. The zero-order chi connectivity index (χ0) is 14.9. The third-order valence-electron chi connectivity index (χ3n) is 3.60. The third kappa shape index (κ3) is 3.01. The average molecular weight is 318 g/mol. The van der Waals surface area contributed by atoms with Crippen LogP contribution in [0.4, 0.5) is 0 Å². The highest BCUT2D eigenvalue weighted by atomic mass is 35.5. The Labute approximate surface area is 125 Å². The molecule has 1 fully saturated rings. The molecule has 1 aromatic carbocycles. The van der Waals surface area contributed by atoms with Crippen molar-refractivity contribution >= 4 is 21.6 Å². The van der Waals surface area contributed by atoms with Crippen molar-refractivity contribution < 1.29 is 13.2 Å². The first-order valence-electron chi connectivity index (χ1n) is 6.64. The van der Waals surface area contributed by atoms with E-state index in [2.05, 4.69) is 0 Å². The summed E-state index contributed by atoms with van der Waals surface area (Å²) in [5, 5.41) is 0. The summed E-state index contributed by atoms with van der Waals surface area (Å²) in [6.07, 6.45) is -0.0724. The number of nitrogens with zero attached hydrogens (tertiary/aromatic N) is 1. The Kier molecular flexibility index (Phi) is 4.74. The Hall–Kier alpha value is -0.620. The summed E-state index contributed by atoms with van der Waals surface area (Å²) in [4.78, 5) is 0.354. The second-order valence-electron chi connectivity index (χ2n) is 5.22. The van der Waals surface area contributed by atoms with Gasteiger partial charge in [-0.05, 0) is 43.5 Å². The summed E-state index contributed by atoms with van der Waals surface area (Å²) >= 11 is 5.89. The molecule has 4 nitrogen and oxygen atoms in total. The highest BCUT2D eigenvalue weighted by Gasteiger charge is 2.30. The number of hydrogen-bond donors (Lipinski definition) is 0. The van der Waals surface area contributed by atoms with Crippen molar-refractivity contribution in [3.8, 4) is 0 Å². The van der Waals surface area contributed by atoms with Gasteiger partial charge in [-0.25, -0.2) is 8.42 Å². The molecule has 1 unspecified atom stereocenters. The fourth-order valence-corrected chi connectivity index (χ4v) is 4.48. The van der Waals surface area contributed by atoms with E-state index < -0.39 is 10.0 Å². The molecule has 1 saturated heterocycles. The summed E-state index contributed by atoms with van der Waals surface area (Å²) < 4.78 is 32.4. The van der Waals surface area contributed by atoms with Gasteiger partial charge in [0.25, 0.3) is 0 Å². The Morgan fingerprint density at radius 1 is 1.35 bits per heavy atom. The van der Waals surface area contributed by atoms with Gasteiger partial charge in [0.15, 0.2) is 0 Å². The normalized spacial score (nSPS) is 21.1. The zero-order valence-corrected chi connectivity index (χ0v) is 13.6. The first-order valence-corrected chi connectivity index (χ1v) is 8.61. The minimum absolute atomic E-state index is 0.0724. The lowest BCUT2D eigenvalue weighted by atomic mass is 10.1. The SMILES string of the molecule is Cc1cc(C)c(S(=O)(=O)N2CCOC(C)C2)cc1CCl. The van der Waals surface area contributed by atoms with Gasteiger partial charge in [-0.1, -0.05) is 6.07 Å². The lowest BCUT2D eigenvalue weighted by Gasteiger charge is -2.30. The smallest absolute Gasteiger partial charge is 0.243 e. The van der Waals surface area contributed by atoms with E-state index >= 15 is 0 Å². The van der Waals surface area contributed by atoms with E-state index in [9.17, 15) is 8.42 Å². The summed E-state index contributed by atoms with van der Waals surface area (Å²) in [5.41, 5.74) is 2.64. The van der Waals surface area contributed by atoms with Crippen molar-refractivity contribution in [1.29, 1.82) is 0 Å². The van der Waals surface area contributed by atoms with Gasteiger partial charge in [0.1, 0.15) is 0 Å². The highest BCUT2D eigenvalue weighted by molar-refractivity contribution is 7.89. The number of benzene rings is 1. The molecule has 2 rings (SSSR count). The average Bonchev–Trinajstić information content (AvgIpc) is 2.38. The minimum atomic E-state index is -3.48. The maximum absolute atomic E-state index is 12.8. The summed E-state index contributed by atoms with van der Waals surface area (Å²) in [7, 11) is -3.48. The lowest BCUT2D eigenvalue weighted by Crippen LogP contribution is -2.44. The van der Waals surface area contributed by atoms with E-state index in [-0.39, 0.29) is 6.10 Å². The Morgan fingerprint density at radius 2 is 2.05 bits per heavy atom. The largest absolute Gasteiger partial charge is 0.376 e. The summed E-state index contributed by atoms with van der Waals surface area (Å²) in [6, 6.07) is 3.58. The number of alkyl halides is 1. The number of halogens is 1. The molecule has 1 aliphatic rings. The van der Waals surface area contributed by atoms with Crippen LogP contribution in [-0.4, -0.2) is 38.5 Å². The van der Waals surface area contributed by atoms with Crippen molar-refractivity contribution in [2.75, 3.05) is 19.7 Å². The molecule has 0 bridgehead atoms. The van der Waals surface area contributed by atoms with Crippen molar-refractivity contribution in [3.63, 3.8) is 0 Å². The minimum Gasteiger partial charge on any atom is -0.376 e. The number of hydrogen-bond acceptors (Lipinski definition) is 3. The van der Waals surface area contributed by atoms with Crippen LogP contribution in [0.15, 0.2) is 17.0 Å². The number of sulfonamides is 1. The van der Waals surface area contributed by atoms with E-state index in [0.29, 0.717) is 30.5 Å². The van der Waals surface area contributed by atoms with Gasteiger partial charge in [0, 0.05) is 19.0 Å². The standard InChI is InChI=1S/C14H20ClNO3S/c1-10-6-11(2)14(7-13(10)8-15)20(17,18)16-4-5-19-12(3)9-16/h6-7,12H,4-5,8-9H2,1-3H3. The highest BCUT2D eigenvalue weighted by Crippen LogP contribution is 2.26. The molecule has 6 heteroatoms. The van der Waals surface area contributed by atoms with Crippen molar-refractivity contribution in [1.82, 2.24) is 4.31 Å². The van der Waals surface area contributed by atoms with Crippen molar-refractivity contribution in [3.05, 3.63) is 28.8 Å². The Morgan fingerprint density at radius 3 is 2.65 bits per heavy atom. The van der Waals surface area contributed by atoms with E-state index in [4.69, 9.17) is 16.3 Å². The van der Waals surface area contributed by atoms with E-state index in [0.717, 1.165) is 16.7 Å². The predicted octanol–water partition coefficient (Wildman–Crippen LogP) is 2.45. The van der Waals surface area contributed by atoms with Crippen LogP contribution < -0.4 is 0 Å². The van der Waals surface area contributed by atoms with Gasteiger partial charge in [-0.3, -0.25) is 0 Å². The molecule has 0 N–H and O–H groups in total. The van der Waals surface area contributed by atoms with Crippen LogP contribution in [0.1, 0.15) is 23.6 Å². The molecule has 1 aromatic rings. The molecule has 0 saturated carbocycles. The number of aryl methyl sites for hydroxylation is 2. The molecular formula is C14H20ClNO3S. The van der Waals surface area contributed by atoms with Crippen LogP contribution in [0.3, 0.4) is 0 Å². The second kappa shape index (κ2) is 6.02. The fourth-order valence-electron chi connectivity index (χ4n) is 2.44. The molecule has 112 valence electrons. The molecule has 1 atom stereocenters. The van der Waals surface area contributed by atoms with Crippen LogP contribution in [0, 0.1) is 13.8 Å². The molecule has 0 amide bonds. The van der Waals surface area contributed by atoms with E-state index in [1.54, 1.807) is 6.07 Å². The lowest BCUT2D eigenvalue weighted by molar-refractivity contribution is 0.0102. The predicted molar refractivity (Wildman–Crippen MR) is 79.6 cm³/mol. The monoisotopic (exact) mass is 317 g/mol. The molecule has 0 spiro atoms. The summed E-state index contributed by atoms with van der Waals surface area (Å²) in [6.45, 7) is 6.88. The molecule has 0 aliphatic carbocycles. The van der Waals surface area contributed by atoms with Gasteiger partial charge >= 0.3 is 0 Å². The van der Waals surface area contributed by atoms with Crippen LogP contribution in [0.25, 0.3) is 0 Å². The molecule has 0 aromatic heterocycles. The van der Waals surface area contributed by atoms with Gasteiger partial charge in [0.2, 0.25) is 10.0 Å². The van der Waals surface area contributed by atoms with Crippen molar-refractivity contribution in [2.24, 2.45) is 0 Å². The zero-order valence-electron chi connectivity index (χ0n) is 12.0. The molecular weight excluding hydrogens is 298 g/mol. The maximum atomic E-state index is 12.8. The second-order valence-corrected chi connectivity index (χ2v) is 7.40. The molecule has 1 aliphatic heterocycles. The quantitative estimate of drug-likeness (QED) is 0.805. The first-order chi connectivity index (χ1) is 9.36. The molecule has 1 heterocycles.